The lowest BCUT2D eigenvalue weighted by Crippen LogP contribution is -2.13. The van der Waals surface area contributed by atoms with Crippen molar-refractivity contribution < 1.29 is 0 Å². The summed E-state index contributed by atoms with van der Waals surface area (Å²) in [6.07, 6.45) is 8.34. The van der Waals surface area contributed by atoms with Gasteiger partial charge in [0.25, 0.3) is 0 Å². The fourth-order valence-electron chi connectivity index (χ4n) is 3.15. The van der Waals surface area contributed by atoms with E-state index >= 15 is 0 Å². The number of hydrogen-bond donors (Lipinski definition) is 1. The average Bonchev–Trinajstić information content (AvgIpc) is 2.34. The normalized spacial score (nSPS) is 24.8. The van der Waals surface area contributed by atoms with E-state index in [9.17, 15) is 0 Å². The van der Waals surface area contributed by atoms with Crippen molar-refractivity contribution in [3.05, 3.63) is 29.3 Å². The van der Waals surface area contributed by atoms with Gasteiger partial charge in [0.15, 0.2) is 0 Å². The Morgan fingerprint density at radius 2 is 1.88 bits per heavy atom. The van der Waals surface area contributed by atoms with Crippen LogP contribution in [0.1, 0.15) is 62.5 Å². The summed E-state index contributed by atoms with van der Waals surface area (Å²) < 4.78 is 0. The van der Waals surface area contributed by atoms with Crippen LogP contribution in [0.25, 0.3) is 0 Å². The second kappa shape index (κ2) is 5.57. The summed E-state index contributed by atoms with van der Waals surface area (Å²) in [5.41, 5.74) is 9.54. The van der Waals surface area contributed by atoms with Gasteiger partial charge in [0.05, 0.1) is 0 Å². The fourth-order valence-corrected chi connectivity index (χ4v) is 3.15. The standard InChI is InChI=1S/C16H25N/c1-3-4-13-5-7-14(8-6-13)15-9-10-16(17)12(2)11-15/h9-11,13-14H,3-8,17H2,1-2H3/t13-,14-. The van der Waals surface area contributed by atoms with Crippen molar-refractivity contribution in [3.8, 4) is 0 Å². The molecule has 0 heterocycles. The molecule has 0 aromatic heterocycles. The lowest BCUT2D eigenvalue weighted by atomic mass is 9.77. The van der Waals surface area contributed by atoms with E-state index < -0.39 is 0 Å². The highest BCUT2D eigenvalue weighted by Gasteiger charge is 2.21. The van der Waals surface area contributed by atoms with Gasteiger partial charge in [0.1, 0.15) is 0 Å². The number of nitrogens with two attached hydrogens (primary N) is 1. The number of nitrogen functional groups attached to an aromatic ring is 1. The molecule has 0 saturated heterocycles. The lowest BCUT2D eigenvalue weighted by molar-refractivity contribution is 0.308. The van der Waals surface area contributed by atoms with Gasteiger partial charge in [0, 0.05) is 5.69 Å². The van der Waals surface area contributed by atoms with Crippen LogP contribution in [-0.4, -0.2) is 0 Å². The van der Waals surface area contributed by atoms with Crippen LogP contribution in [0.5, 0.6) is 0 Å². The molecule has 0 aliphatic heterocycles. The average molecular weight is 231 g/mol. The van der Waals surface area contributed by atoms with E-state index in [0.717, 1.165) is 17.5 Å². The first-order chi connectivity index (χ1) is 8.20. The highest BCUT2D eigenvalue weighted by atomic mass is 14.5. The molecule has 94 valence electrons. The number of benzene rings is 1. The molecule has 0 amide bonds. The van der Waals surface area contributed by atoms with E-state index in [4.69, 9.17) is 5.73 Å². The molecule has 1 saturated carbocycles. The molecule has 0 spiro atoms. The maximum absolute atomic E-state index is 5.88. The van der Waals surface area contributed by atoms with Gasteiger partial charge in [-0.1, -0.05) is 31.9 Å². The Bertz CT molecular complexity index is 362. The van der Waals surface area contributed by atoms with Crippen molar-refractivity contribution in [1.82, 2.24) is 0 Å². The van der Waals surface area contributed by atoms with Crippen LogP contribution in [0.2, 0.25) is 0 Å². The molecular weight excluding hydrogens is 206 g/mol. The third kappa shape index (κ3) is 3.02. The predicted molar refractivity (Wildman–Crippen MR) is 75.2 cm³/mol. The summed E-state index contributed by atoms with van der Waals surface area (Å²) in [5.74, 6) is 1.77. The van der Waals surface area contributed by atoms with Gasteiger partial charge >= 0.3 is 0 Å². The predicted octanol–water partition coefficient (Wildman–Crippen LogP) is 4.65. The summed E-state index contributed by atoms with van der Waals surface area (Å²) in [6, 6.07) is 6.59. The first kappa shape index (κ1) is 12.5. The van der Waals surface area contributed by atoms with Gasteiger partial charge in [-0.2, -0.15) is 0 Å². The zero-order valence-corrected chi connectivity index (χ0v) is 11.2. The zero-order chi connectivity index (χ0) is 12.3. The minimum atomic E-state index is 0.780. The molecule has 2 N–H and O–H groups in total. The van der Waals surface area contributed by atoms with Crippen LogP contribution < -0.4 is 5.73 Å². The summed E-state index contributed by atoms with van der Waals surface area (Å²) >= 11 is 0. The van der Waals surface area contributed by atoms with Crippen LogP contribution in [0.4, 0.5) is 5.69 Å². The third-order valence-corrected chi connectivity index (χ3v) is 4.31. The quantitative estimate of drug-likeness (QED) is 0.753. The van der Waals surface area contributed by atoms with Crippen LogP contribution >= 0.6 is 0 Å². The van der Waals surface area contributed by atoms with Gasteiger partial charge in [-0.25, -0.2) is 0 Å². The first-order valence-electron chi connectivity index (χ1n) is 7.06. The first-order valence-corrected chi connectivity index (χ1v) is 7.06. The van der Waals surface area contributed by atoms with Crippen LogP contribution in [0, 0.1) is 12.8 Å². The van der Waals surface area contributed by atoms with Crippen molar-refractivity contribution in [2.75, 3.05) is 5.73 Å². The summed E-state index contributed by atoms with van der Waals surface area (Å²) in [7, 11) is 0. The Labute approximate surface area is 105 Å². The maximum atomic E-state index is 5.88. The van der Waals surface area contributed by atoms with E-state index in [1.54, 1.807) is 0 Å². The molecule has 1 heteroatoms. The molecule has 1 aromatic carbocycles. The van der Waals surface area contributed by atoms with Crippen molar-refractivity contribution in [2.24, 2.45) is 5.92 Å². The molecule has 1 aromatic rings. The molecule has 2 rings (SSSR count). The molecule has 1 aliphatic carbocycles. The Balaban J connectivity index is 1.98. The Hall–Kier alpha value is -0.980. The van der Waals surface area contributed by atoms with E-state index in [2.05, 4.69) is 32.0 Å². The molecule has 17 heavy (non-hydrogen) atoms. The molecule has 0 bridgehead atoms. The molecule has 0 radical (unpaired) electrons. The maximum Gasteiger partial charge on any atom is 0.0343 e. The Morgan fingerprint density at radius 3 is 2.47 bits per heavy atom. The van der Waals surface area contributed by atoms with Gasteiger partial charge in [0.2, 0.25) is 0 Å². The molecule has 1 nitrogen and oxygen atoms in total. The molecule has 1 fully saturated rings. The van der Waals surface area contributed by atoms with Gasteiger partial charge < -0.3 is 5.73 Å². The van der Waals surface area contributed by atoms with Gasteiger partial charge in [-0.05, 0) is 61.6 Å². The number of anilines is 1. The van der Waals surface area contributed by atoms with E-state index in [-0.39, 0.29) is 0 Å². The smallest absolute Gasteiger partial charge is 0.0343 e. The third-order valence-electron chi connectivity index (χ3n) is 4.31. The summed E-state index contributed by atoms with van der Waals surface area (Å²) in [4.78, 5) is 0. The van der Waals surface area contributed by atoms with Crippen molar-refractivity contribution >= 4 is 5.69 Å². The highest BCUT2D eigenvalue weighted by molar-refractivity contribution is 5.48. The molecule has 1 aliphatic rings. The monoisotopic (exact) mass is 231 g/mol. The lowest BCUT2D eigenvalue weighted by Gasteiger charge is -2.29. The second-order valence-corrected chi connectivity index (χ2v) is 5.62. The minimum Gasteiger partial charge on any atom is -0.399 e. The van der Waals surface area contributed by atoms with E-state index in [0.29, 0.717) is 0 Å². The zero-order valence-electron chi connectivity index (χ0n) is 11.2. The number of aryl methyl sites for hydroxylation is 1. The molecule has 0 atom stereocenters. The van der Waals surface area contributed by atoms with Crippen LogP contribution in [0.3, 0.4) is 0 Å². The van der Waals surface area contributed by atoms with Gasteiger partial charge in [-0.15, -0.1) is 0 Å². The largest absolute Gasteiger partial charge is 0.399 e. The van der Waals surface area contributed by atoms with E-state index in [1.807, 2.05) is 0 Å². The Morgan fingerprint density at radius 1 is 1.18 bits per heavy atom. The second-order valence-electron chi connectivity index (χ2n) is 5.62. The molecular formula is C16H25N. The van der Waals surface area contributed by atoms with Gasteiger partial charge in [-0.3, -0.25) is 0 Å². The Kier molecular flexibility index (Phi) is 4.09. The fraction of sp³-hybridized carbons (Fsp3) is 0.625. The number of hydrogen-bond acceptors (Lipinski definition) is 1. The SMILES string of the molecule is CCC[C@H]1CC[C@H](c2ccc(N)c(C)c2)CC1. The highest BCUT2D eigenvalue weighted by Crippen LogP contribution is 2.38. The van der Waals surface area contributed by atoms with Crippen molar-refractivity contribution in [1.29, 1.82) is 0 Å². The summed E-state index contributed by atoms with van der Waals surface area (Å²) in [5, 5.41) is 0. The number of rotatable bonds is 3. The minimum absolute atomic E-state index is 0.780. The van der Waals surface area contributed by atoms with Crippen LogP contribution in [0.15, 0.2) is 18.2 Å². The van der Waals surface area contributed by atoms with Crippen LogP contribution in [-0.2, 0) is 0 Å². The van der Waals surface area contributed by atoms with E-state index in [1.165, 1.54) is 49.7 Å². The molecule has 0 unspecified atom stereocenters. The van der Waals surface area contributed by atoms with Crippen molar-refractivity contribution in [3.63, 3.8) is 0 Å². The summed E-state index contributed by atoms with van der Waals surface area (Å²) in [6.45, 7) is 4.41. The van der Waals surface area contributed by atoms with Crippen molar-refractivity contribution in [2.45, 2.75) is 58.3 Å². The topological polar surface area (TPSA) is 26.0 Å².